The Morgan fingerprint density at radius 1 is 1.00 bits per heavy atom. The van der Waals surface area contributed by atoms with Crippen molar-refractivity contribution in [2.45, 2.75) is 0 Å². The Morgan fingerprint density at radius 3 is 2.50 bits per heavy atom. The normalized spacial score (nSPS) is 10.6. The van der Waals surface area contributed by atoms with Gasteiger partial charge in [0.05, 0.1) is 16.6 Å². The van der Waals surface area contributed by atoms with E-state index in [1.54, 1.807) is 18.2 Å². The molecule has 0 bridgehead atoms. The van der Waals surface area contributed by atoms with Crippen molar-refractivity contribution in [3.63, 3.8) is 0 Å². The van der Waals surface area contributed by atoms with Crippen LogP contribution in [0.2, 0.25) is 0 Å². The maximum absolute atomic E-state index is 12.3. The van der Waals surface area contributed by atoms with Gasteiger partial charge in [0.25, 0.3) is 0 Å². The second kappa shape index (κ2) is 4.58. The second-order valence-electron chi connectivity index (χ2n) is 4.03. The molecule has 0 saturated heterocycles. The highest BCUT2D eigenvalue weighted by Crippen LogP contribution is 2.19. The van der Waals surface area contributed by atoms with Gasteiger partial charge in [0.15, 0.2) is 5.76 Å². The number of carbonyl (C=O) groups excluding carboxylic acids is 1. The minimum atomic E-state index is -1.22. The summed E-state index contributed by atoms with van der Waals surface area (Å²) >= 11 is 0. The van der Waals surface area contributed by atoms with Gasteiger partial charge in [0.1, 0.15) is 0 Å². The fourth-order valence-electron chi connectivity index (χ4n) is 1.88. The SMILES string of the molecule is O=C(O)c1ccc(C(=O)c2cccc3nccnc23)o1. The number of carbonyl (C=O) groups is 2. The third-order valence-corrected chi connectivity index (χ3v) is 2.78. The number of furan rings is 1. The van der Waals surface area contributed by atoms with Crippen LogP contribution in [0.3, 0.4) is 0 Å². The van der Waals surface area contributed by atoms with Crippen molar-refractivity contribution in [2.24, 2.45) is 0 Å². The average Bonchev–Trinajstić information content (AvgIpc) is 2.96. The van der Waals surface area contributed by atoms with Crippen LogP contribution in [0.5, 0.6) is 0 Å². The minimum absolute atomic E-state index is 0.0412. The predicted molar refractivity (Wildman–Crippen MR) is 68.6 cm³/mol. The van der Waals surface area contributed by atoms with Gasteiger partial charge in [-0.05, 0) is 24.3 Å². The van der Waals surface area contributed by atoms with Gasteiger partial charge in [-0.3, -0.25) is 14.8 Å². The van der Waals surface area contributed by atoms with E-state index in [2.05, 4.69) is 9.97 Å². The number of rotatable bonds is 3. The third-order valence-electron chi connectivity index (χ3n) is 2.78. The molecular weight excluding hydrogens is 260 g/mol. The van der Waals surface area contributed by atoms with Gasteiger partial charge in [0.2, 0.25) is 11.5 Å². The molecule has 3 aromatic rings. The van der Waals surface area contributed by atoms with Crippen LogP contribution in [0.15, 0.2) is 47.1 Å². The lowest BCUT2D eigenvalue weighted by Crippen LogP contribution is -2.02. The second-order valence-corrected chi connectivity index (χ2v) is 4.03. The Hall–Kier alpha value is -3.02. The number of carboxylic acid groups (broad SMARTS) is 1. The van der Waals surface area contributed by atoms with Crippen LogP contribution in [0.25, 0.3) is 11.0 Å². The summed E-state index contributed by atoms with van der Waals surface area (Å²) in [5, 5.41) is 8.79. The number of aromatic nitrogens is 2. The summed E-state index contributed by atoms with van der Waals surface area (Å²) < 4.78 is 5.01. The molecule has 3 rings (SSSR count). The molecule has 1 N–H and O–H groups in total. The summed E-state index contributed by atoms with van der Waals surface area (Å²) in [6.45, 7) is 0. The zero-order valence-corrected chi connectivity index (χ0v) is 10.1. The molecule has 0 aliphatic carbocycles. The number of ketones is 1. The summed E-state index contributed by atoms with van der Waals surface area (Å²) in [5.41, 5.74) is 1.36. The first-order valence-corrected chi connectivity index (χ1v) is 5.74. The molecule has 1 aromatic carbocycles. The van der Waals surface area contributed by atoms with Crippen molar-refractivity contribution >= 4 is 22.8 Å². The maximum atomic E-state index is 12.3. The van der Waals surface area contributed by atoms with Crippen LogP contribution in [0.4, 0.5) is 0 Å². The Kier molecular flexibility index (Phi) is 2.76. The highest BCUT2D eigenvalue weighted by Gasteiger charge is 2.19. The molecule has 2 aromatic heterocycles. The van der Waals surface area contributed by atoms with Crippen molar-refractivity contribution in [1.29, 1.82) is 0 Å². The molecule has 0 saturated carbocycles. The summed E-state index contributed by atoms with van der Waals surface area (Å²) in [5.74, 6) is -1.97. The van der Waals surface area contributed by atoms with Crippen LogP contribution in [-0.2, 0) is 0 Å². The lowest BCUT2D eigenvalue weighted by Gasteiger charge is -2.02. The molecule has 0 spiro atoms. The first kappa shape index (κ1) is 12.0. The molecule has 2 heterocycles. The number of hydrogen-bond acceptors (Lipinski definition) is 5. The molecule has 0 unspecified atom stereocenters. The van der Waals surface area contributed by atoms with Crippen LogP contribution >= 0.6 is 0 Å². The molecule has 6 nitrogen and oxygen atoms in total. The highest BCUT2D eigenvalue weighted by molar-refractivity contribution is 6.13. The van der Waals surface area contributed by atoms with E-state index >= 15 is 0 Å². The van der Waals surface area contributed by atoms with Gasteiger partial charge >= 0.3 is 5.97 Å². The third kappa shape index (κ3) is 1.93. The van der Waals surface area contributed by atoms with Gasteiger partial charge in [-0.1, -0.05) is 6.07 Å². The van der Waals surface area contributed by atoms with Crippen molar-refractivity contribution in [3.8, 4) is 0 Å². The van der Waals surface area contributed by atoms with Gasteiger partial charge in [-0.15, -0.1) is 0 Å². The van der Waals surface area contributed by atoms with Crippen LogP contribution in [-0.4, -0.2) is 26.8 Å². The van der Waals surface area contributed by atoms with E-state index in [-0.39, 0.29) is 11.5 Å². The maximum Gasteiger partial charge on any atom is 0.371 e. The summed E-state index contributed by atoms with van der Waals surface area (Å²) in [4.78, 5) is 31.3. The zero-order valence-electron chi connectivity index (χ0n) is 10.1. The van der Waals surface area contributed by atoms with Gasteiger partial charge in [-0.2, -0.15) is 0 Å². The van der Waals surface area contributed by atoms with Gasteiger partial charge < -0.3 is 9.52 Å². The molecule has 20 heavy (non-hydrogen) atoms. The van der Waals surface area contributed by atoms with E-state index in [9.17, 15) is 9.59 Å². The largest absolute Gasteiger partial charge is 0.475 e. The van der Waals surface area contributed by atoms with Crippen LogP contribution in [0, 0.1) is 0 Å². The fraction of sp³-hybridized carbons (Fsp3) is 0. The predicted octanol–water partition coefficient (Wildman–Crippen LogP) is 2.15. The summed E-state index contributed by atoms with van der Waals surface area (Å²) in [7, 11) is 0. The van der Waals surface area contributed by atoms with Crippen molar-refractivity contribution in [2.75, 3.05) is 0 Å². The molecular formula is C14H8N2O4. The zero-order chi connectivity index (χ0) is 14.1. The van der Waals surface area contributed by atoms with E-state index in [1.807, 2.05) is 0 Å². The topological polar surface area (TPSA) is 93.3 Å². The lowest BCUT2D eigenvalue weighted by molar-refractivity contribution is 0.0660. The van der Waals surface area contributed by atoms with E-state index in [0.29, 0.717) is 16.6 Å². The quantitative estimate of drug-likeness (QED) is 0.731. The molecule has 0 amide bonds. The van der Waals surface area contributed by atoms with Gasteiger partial charge in [0, 0.05) is 12.4 Å². The number of carboxylic acids is 1. The number of fused-ring (bicyclic) bond motifs is 1. The summed E-state index contributed by atoms with van der Waals surface area (Å²) in [6, 6.07) is 7.60. The minimum Gasteiger partial charge on any atom is -0.475 e. The van der Waals surface area contributed by atoms with E-state index in [0.717, 1.165) is 0 Å². The van der Waals surface area contributed by atoms with Gasteiger partial charge in [-0.25, -0.2) is 4.79 Å². The standard InChI is InChI=1S/C14H8N2O4/c17-13(10-4-5-11(20-10)14(18)19)8-2-1-3-9-12(8)16-7-6-15-9/h1-7H,(H,18,19). The molecule has 0 atom stereocenters. The number of para-hydroxylation sites is 1. The number of hydrogen-bond donors (Lipinski definition) is 1. The van der Waals surface area contributed by atoms with E-state index in [4.69, 9.17) is 9.52 Å². The van der Waals surface area contributed by atoms with Crippen molar-refractivity contribution in [1.82, 2.24) is 9.97 Å². The van der Waals surface area contributed by atoms with Crippen LogP contribution < -0.4 is 0 Å². The average molecular weight is 268 g/mol. The number of benzene rings is 1. The van der Waals surface area contributed by atoms with Crippen LogP contribution in [0.1, 0.15) is 26.7 Å². The smallest absolute Gasteiger partial charge is 0.371 e. The Labute approximate surface area is 112 Å². The lowest BCUT2D eigenvalue weighted by atomic mass is 10.1. The molecule has 0 fully saturated rings. The van der Waals surface area contributed by atoms with Crippen molar-refractivity contribution < 1.29 is 19.1 Å². The first-order valence-electron chi connectivity index (χ1n) is 5.74. The Balaban J connectivity index is 2.10. The Morgan fingerprint density at radius 2 is 1.75 bits per heavy atom. The van der Waals surface area contributed by atoms with E-state index in [1.165, 1.54) is 24.5 Å². The molecule has 0 aliphatic rings. The molecule has 98 valence electrons. The molecule has 6 heteroatoms. The summed E-state index contributed by atoms with van der Waals surface area (Å²) in [6.07, 6.45) is 3.02. The molecule has 0 radical (unpaired) electrons. The monoisotopic (exact) mass is 268 g/mol. The molecule has 0 aliphatic heterocycles. The van der Waals surface area contributed by atoms with Crippen molar-refractivity contribution in [3.05, 3.63) is 59.8 Å². The highest BCUT2D eigenvalue weighted by atomic mass is 16.4. The van der Waals surface area contributed by atoms with E-state index < -0.39 is 11.8 Å². The Bertz CT molecular complexity index is 817. The fourth-order valence-corrected chi connectivity index (χ4v) is 1.88. The number of nitrogens with zero attached hydrogens (tertiary/aromatic N) is 2. The number of aromatic carboxylic acids is 1. The first-order chi connectivity index (χ1) is 9.66.